The summed E-state index contributed by atoms with van der Waals surface area (Å²) in [4.78, 5) is 21.9. The van der Waals surface area contributed by atoms with Crippen molar-refractivity contribution in [2.45, 2.75) is 19.4 Å². The molecule has 0 spiro atoms. The predicted molar refractivity (Wildman–Crippen MR) is 128 cm³/mol. The van der Waals surface area contributed by atoms with Crippen molar-refractivity contribution in [3.8, 4) is 17.0 Å². The molecule has 0 saturated carbocycles. The van der Waals surface area contributed by atoms with Crippen molar-refractivity contribution in [3.05, 3.63) is 59.7 Å². The van der Waals surface area contributed by atoms with Crippen molar-refractivity contribution in [2.24, 2.45) is 0 Å². The third-order valence-electron chi connectivity index (χ3n) is 5.05. The molecule has 1 aromatic heterocycles. The first-order valence-electron chi connectivity index (χ1n) is 10.5. The van der Waals surface area contributed by atoms with E-state index < -0.39 is 6.04 Å². The van der Waals surface area contributed by atoms with E-state index in [2.05, 4.69) is 5.32 Å². The van der Waals surface area contributed by atoms with Gasteiger partial charge in [-0.2, -0.15) is 0 Å². The molecule has 0 fully saturated rings. The summed E-state index contributed by atoms with van der Waals surface area (Å²) in [7, 11) is 5.56. The average Bonchev–Trinajstić information content (AvgIpc) is 3.27. The number of ether oxygens (including phenoxy) is 1. The van der Waals surface area contributed by atoms with Gasteiger partial charge in [0.15, 0.2) is 5.13 Å². The Balaban J connectivity index is 1.94. The zero-order valence-corrected chi connectivity index (χ0v) is 19.7. The van der Waals surface area contributed by atoms with Crippen LogP contribution in [0.5, 0.6) is 5.75 Å². The number of halogens is 1. The van der Waals surface area contributed by atoms with E-state index in [1.54, 1.807) is 19.2 Å². The number of nitrogens with zero attached hydrogens (tertiary/aromatic N) is 3. The molecule has 3 rings (SSSR count). The molecular formula is C24H29FN4O2S. The van der Waals surface area contributed by atoms with Crippen LogP contribution in [0, 0.1) is 5.82 Å². The van der Waals surface area contributed by atoms with Gasteiger partial charge in [0.1, 0.15) is 17.6 Å². The van der Waals surface area contributed by atoms with Crippen LogP contribution in [0.15, 0.2) is 53.9 Å². The van der Waals surface area contributed by atoms with Crippen molar-refractivity contribution >= 4 is 28.1 Å². The van der Waals surface area contributed by atoms with Crippen molar-refractivity contribution < 1.29 is 13.9 Å². The fourth-order valence-electron chi connectivity index (χ4n) is 3.30. The Hall–Kier alpha value is -2.97. The molecule has 1 N–H and O–H groups in total. The zero-order valence-electron chi connectivity index (χ0n) is 18.8. The zero-order chi connectivity index (χ0) is 23.1. The van der Waals surface area contributed by atoms with Crippen molar-refractivity contribution in [1.29, 1.82) is 0 Å². The molecule has 1 amide bonds. The van der Waals surface area contributed by atoms with Gasteiger partial charge in [-0.1, -0.05) is 6.92 Å². The summed E-state index contributed by atoms with van der Waals surface area (Å²) in [6.07, 6.45) is 0.602. The molecule has 6 nitrogen and oxygen atoms in total. The lowest BCUT2D eigenvalue weighted by Crippen LogP contribution is -2.46. The summed E-state index contributed by atoms with van der Waals surface area (Å²) >= 11 is 1.45. The van der Waals surface area contributed by atoms with E-state index in [9.17, 15) is 9.18 Å². The number of methoxy groups -OCH3 is 1. The SMILES string of the molecule is CC[C@H](C(=O)NCCN(C)C)N(c1ccc(OC)cc1)c1nc(-c2ccc(F)cc2)cs1. The largest absolute Gasteiger partial charge is 0.497 e. The molecule has 1 heterocycles. The third kappa shape index (κ3) is 5.83. The van der Waals surface area contributed by atoms with Gasteiger partial charge in [0.05, 0.1) is 12.8 Å². The molecule has 0 aliphatic rings. The second-order valence-corrected chi connectivity index (χ2v) is 8.45. The number of hydrogen-bond acceptors (Lipinski definition) is 6. The maximum absolute atomic E-state index is 13.3. The average molecular weight is 457 g/mol. The molecule has 8 heteroatoms. The number of benzene rings is 2. The van der Waals surface area contributed by atoms with Gasteiger partial charge in [-0.3, -0.25) is 4.79 Å². The van der Waals surface area contributed by atoms with Crippen LogP contribution < -0.4 is 15.0 Å². The fraction of sp³-hybridized carbons (Fsp3) is 0.333. The molecule has 32 heavy (non-hydrogen) atoms. The predicted octanol–water partition coefficient (Wildman–Crippen LogP) is 4.55. The Kier molecular flexibility index (Phi) is 8.19. The monoisotopic (exact) mass is 456 g/mol. The molecule has 0 bridgehead atoms. The second-order valence-electron chi connectivity index (χ2n) is 7.61. The van der Waals surface area contributed by atoms with Gasteiger partial charge < -0.3 is 19.9 Å². The highest BCUT2D eigenvalue weighted by atomic mass is 32.1. The normalized spacial score (nSPS) is 11.9. The molecule has 0 aliphatic carbocycles. The topological polar surface area (TPSA) is 57.7 Å². The quantitative estimate of drug-likeness (QED) is 0.485. The lowest BCUT2D eigenvalue weighted by atomic mass is 10.1. The molecule has 3 aromatic rings. The molecule has 0 radical (unpaired) electrons. The lowest BCUT2D eigenvalue weighted by molar-refractivity contribution is -0.122. The highest BCUT2D eigenvalue weighted by molar-refractivity contribution is 7.14. The number of carbonyl (C=O) groups excluding carboxylic acids is 1. The lowest BCUT2D eigenvalue weighted by Gasteiger charge is -2.30. The van der Waals surface area contributed by atoms with Crippen LogP contribution in [0.3, 0.4) is 0 Å². The summed E-state index contributed by atoms with van der Waals surface area (Å²) in [5, 5.41) is 5.67. The van der Waals surface area contributed by atoms with Crippen LogP contribution in [-0.4, -0.2) is 56.1 Å². The molecule has 0 saturated heterocycles. The van der Waals surface area contributed by atoms with E-state index in [1.807, 2.05) is 60.5 Å². The van der Waals surface area contributed by atoms with Gasteiger partial charge >= 0.3 is 0 Å². The van der Waals surface area contributed by atoms with Crippen LogP contribution in [-0.2, 0) is 4.79 Å². The van der Waals surface area contributed by atoms with Crippen LogP contribution >= 0.6 is 11.3 Å². The molecule has 2 aromatic carbocycles. The van der Waals surface area contributed by atoms with Crippen molar-refractivity contribution in [2.75, 3.05) is 39.2 Å². The Labute approximate surface area is 192 Å². The first-order valence-corrected chi connectivity index (χ1v) is 11.4. The van der Waals surface area contributed by atoms with Gasteiger partial charge in [0, 0.05) is 29.7 Å². The fourth-order valence-corrected chi connectivity index (χ4v) is 4.20. The maximum atomic E-state index is 13.3. The first-order chi connectivity index (χ1) is 15.4. The number of thiazole rings is 1. The summed E-state index contributed by atoms with van der Waals surface area (Å²) < 4.78 is 18.6. The first kappa shape index (κ1) is 23.7. The van der Waals surface area contributed by atoms with Crippen LogP contribution in [0.1, 0.15) is 13.3 Å². The highest BCUT2D eigenvalue weighted by Crippen LogP contribution is 2.35. The third-order valence-corrected chi connectivity index (χ3v) is 5.89. The van der Waals surface area contributed by atoms with E-state index in [1.165, 1.54) is 23.5 Å². The summed E-state index contributed by atoms with van der Waals surface area (Å²) in [5.41, 5.74) is 2.42. The number of anilines is 2. The number of carbonyl (C=O) groups is 1. The van der Waals surface area contributed by atoms with Crippen LogP contribution in [0.2, 0.25) is 0 Å². The van der Waals surface area contributed by atoms with E-state index in [-0.39, 0.29) is 11.7 Å². The van der Waals surface area contributed by atoms with Crippen LogP contribution in [0.25, 0.3) is 11.3 Å². The second kappa shape index (κ2) is 11.1. The van der Waals surface area contributed by atoms with Gasteiger partial charge in [-0.05, 0) is 69.0 Å². The summed E-state index contributed by atoms with van der Waals surface area (Å²) in [6, 6.07) is 13.4. The standard InChI is InChI=1S/C24H29FN4O2S/c1-5-22(23(30)26-14-15-28(2)3)29(19-10-12-20(31-4)13-11-19)24-27-21(16-32-24)17-6-8-18(25)9-7-17/h6-13,16,22H,5,14-15H2,1-4H3,(H,26,30)/t22-/m1/s1. The molecule has 1 atom stereocenters. The van der Waals surface area contributed by atoms with E-state index in [0.29, 0.717) is 18.1 Å². The number of hydrogen-bond donors (Lipinski definition) is 1. The molecule has 170 valence electrons. The number of rotatable bonds is 10. The number of aromatic nitrogens is 1. The Morgan fingerprint density at radius 2 is 1.84 bits per heavy atom. The van der Waals surface area contributed by atoms with Gasteiger partial charge in [0.25, 0.3) is 0 Å². The van der Waals surface area contributed by atoms with Crippen molar-refractivity contribution in [3.63, 3.8) is 0 Å². The minimum absolute atomic E-state index is 0.0521. The maximum Gasteiger partial charge on any atom is 0.243 e. The summed E-state index contributed by atoms with van der Waals surface area (Å²) in [6.45, 7) is 3.31. The highest BCUT2D eigenvalue weighted by Gasteiger charge is 2.28. The van der Waals surface area contributed by atoms with Gasteiger partial charge in [0.2, 0.25) is 5.91 Å². The molecular weight excluding hydrogens is 427 g/mol. The van der Waals surface area contributed by atoms with Crippen LogP contribution in [0.4, 0.5) is 15.2 Å². The Morgan fingerprint density at radius 1 is 1.16 bits per heavy atom. The van der Waals surface area contributed by atoms with E-state index in [0.717, 1.165) is 29.2 Å². The van der Waals surface area contributed by atoms with Gasteiger partial charge in [-0.15, -0.1) is 11.3 Å². The van der Waals surface area contributed by atoms with Crippen molar-refractivity contribution in [1.82, 2.24) is 15.2 Å². The summed E-state index contributed by atoms with van der Waals surface area (Å²) in [5.74, 6) is 0.400. The Morgan fingerprint density at radius 3 is 2.44 bits per heavy atom. The molecule has 0 unspecified atom stereocenters. The van der Waals surface area contributed by atoms with E-state index >= 15 is 0 Å². The number of amides is 1. The smallest absolute Gasteiger partial charge is 0.243 e. The van der Waals surface area contributed by atoms with Gasteiger partial charge in [-0.25, -0.2) is 9.37 Å². The van der Waals surface area contributed by atoms with E-state index in [4.69, 9.17) is 9.72 Å². The number of nitrogens with one attached hydrogen (secondary N) is 1. The Bertz CT molecular complexity index is 1010. The minimum Gasteiger partial charge on any atom is -0.497 e. The number of likely N-dealkylation sites (N-methyl/N-ethyl adjacent to an activating group) is 1. The minimum atomic E-state index is -0.433. The molecule has 0 aliphatic heterocycles.